The summed E-state index contributed by atoms with van der Waals surface area (Å²) in [7, 11) is -0.890. The van der Waals surface area contributed by atoms with E-state index in [4.69, 9.17) is 0 Å². The van der Waals surface area contributed by atoms with Gasteiger partial charge >= 0.3 is 5.97 Å². The van der Waals surface area contributed by atoms with E-state index in [2.05, 4.69) is 9.72 Å². The Morgan fingerprint density at radius 2 is 2.28 bits per heavy atom. The minimum atomic E-state index is -3.75. The highest BCUT2D eigenvalue weighted by Gasteiger charge is 2.41. The molecule has 1 aliphatic heterocycles. The van der Waals surface area contributed by atoms with E-state index >= 15 is 0 Å². The highest BCUT2D eigenvalue weighted by Crippen LogP contribution is 2.25. The predicted molar refractivity (Wildman–Crippen MR) is 62.1 cm³/mol. The summed E-state index contributed by atoms with van der Waals surface area (Å²) in [4.78, 5) is 15.4. The molecule has 0 aliphatic carbocycles. The number of hydrogen-bond donors (Lipinski definition) is 0. The van der Waals surface area contributed by atoms with Gasteiger partial charge in [0.05, 0.1) is 7.11 Å². The fourth-order valence-electron chi connectivity index (χ4n) is 2.10. The average Bonchev–Trinajstić information content (AvgIpc) is 2.96. The predicted octanol–water partition coefficient (Wildman–Crippen LogP) is -0.254. The summed E-state index contributed by atoms with van der Waals surface area (Å²) in [6.07, 6.45) is 4.09. The summed E-state index contributed by atoms with van der Waals surface area (Å²) >= 11 is 0. The largest absolute Gasteiger partial charge is 0.468 e. The molecule has 2 rings (SSSR count). The lowest BCUT2D eigenvalue weighted by atomic mass is 10.2. The van der Waals surface area contributed by atoms with Crippen molar-refractivity contribution in [3.8, 4) is 0 Å². The monoisotopic (exact) mass is 273 g/mol. The Balaban J connectivity index is 2.36. The second kappa shape index (κ2) is 4.69. The first-order valence-electron chi connectivity index (χ1n) is 5.55. The summed E-state index contributed by atoms with van der Waals surface area (Å²) < 4.78 is 32.0. The molecule has 1 fully saturated rings. The molecular weight excluding hydrogens is 258 g/mol. The minimum absolute atomic E-state index is 0.0571. The third-order valence-electron chi connectivity index (χ3n) is 2.99. The third-order valence-corrected chi connectivity index (χ3v) is 4.90. The lowest BCUT2D eigenvalue weighted by Gasteiger charge is -2.21. The molecule has 0 N–H and O–H groups in total. The molecule has 0 aromatic carbocycles. The van der Waals surface area contributed by atoms with Crippen LogP contribution in [0.1, 0.15) is 12.8 Å². The maximum atomic E-state index is 12.4. The van der Waals surface area contributed by atoms with Crippen molar-refractivity contribution in [2.75, 3.05) is 13.7 Å². The van der Waals surface area contributed by atoms with Crippen molar-refractivity contribution >= 4 is 16.0 Å². The molecule has 0 spiro atoms. The van der Waals surface area contributed by atoms with Crippen LogP contribution < -0.4 is 0 Å². The number of esters is 1. The molecule has 1 aliphatic rings. The number of carbonyl (C=O) groups is 1. The van der Waals surface area contributed by atoms with E-state index < -0.39 is 22.0 Å². The number of aryl methyl sites for hydroxylation is 1. The van der Waals surface area contributed by atoms with E-state index in [0.29, 0.717) is 19.4 Å². The zero-order chi connectivity index (χ0) is 13.3. The Morgan fingerprint density at radius 3 is 2.83 bits per heavy atom. The van der Waals surface area contributed by atoms with Gasteiger partial charge in [0.2, 0.25) is 5.16 Å². The second-order valence-corrected chi connectivity index (χ2v) is 5.90. The van der Waals surface area contributed by atoms with E-state index in [9.17, 15) is 13.2 Å². The van der Waals surface area contributed by atoms with Crippen LogP contribution in [0.3, 0.4) is 0 Å². The van der Waals surface area contributed by atoms with Gasteiger partial charge in [-0.15, -0.1) is 0 Å². The molecule has 0 saturated carbocycles. The van der Waals surface area contributed by atoms with Gasteiger partial charge in [0.1, 0.15) is 6.04 Å². The molecule has 1 aromatic heterocycles. The second-order valence-electron chi connectivity index (χ2n) is 4.12. The van der Waals surface area contributed by atoms with Crippen molar-refractivity contribution in [1.29, 1.82) is 0 Å². The standard InChI is InChI=1S/C10H15N3O4S/c1-12-7-5-11-10(12)18(15,16)13-6-3-4-8(13)9(14)17-2/h5,7-8H,3-4,6H2,1-2H3. The van der Waals surface area contributed by atoms with E-state index in [1.54, 1.807) is 13.2 Å². The van der Waals surface area contributed by atoms with Gasteiger partial charge in [-0.25, -0.2) is 13.4 Å². The molecule has 18 heavy (non-hydrogen) atoms. The molecule has 7 nitrogen and oxygen atoms in total. The number of ether oxygens (including phenoxy) is 1. The zero-order valence-corrected chi connectivity index (χ0v) is 11.1. The van der Waals surface area contributed by atoms with Crippen LogP contribution in [-0.2, 0) is 26.6 Å². The molecule has 0 amide bonds. The van der Waals surface area contributed by atoms with Crippen LogP contribution in [0.4, 0.5) is 0 Å². The summed E-state index contributed by atoms with van der Waals surface area (Å²) in [5.41, 5.74) is 0. The highest BCUT2D eigenvalue weighted by molar-refractivity contribution is 7.89. The van der Waals surface area contributed by atoms with Crippen LogP contribution in [0.25, 0.3) is 0 Å². The number of rotatable bonds is 3. The molecule has 1 unspecified atom stereocenters. The number of nitrogens with zero attached hydrogens (tertiary/aromatic N) is 3. The van der Waals surface area contributed by atoms with Crippen LogP contribution in [0.5, 0.6) is 0 Å². The van der Waals surface area contributed by atoms with Crippen molar-refractivity contribution in [3.05, 3.63) is 12.4 Å². The van der Waals surface area contributed by atoms with Gasteiger partial charge in [0, 0.05) is 26.0 Å². The Labute approximate surface area is 105 Å². The molecule has 0 bridgehead atoms. The van der Waals surface area contributed by atoms with Crippen molar-refractivity contribution in [2.45, 2.75) is 24.0 Å². The van der Waals surface area contributed by atoms with Gasteiger partial charge < -0.3 is 9.30 Å². The van der Waals surface area contributed by atoms with Crippen molar-refractivity contribution in [3.63, 3.8) is 0 Å². The number of aromatic nitrogens is 2. The number of hydrogen-bond acceptors (Lipinski definition) is 5. The normalized spacial score (nSPS) is 21.1. The van der Waals surface area contributed by atoms with Crippen LogP contribution in [0, 0.1) is 0 Å². The smallest absolute Gasteiger partial charge is 0.324 e. The van der Waals surface area contributed by atoms with E-state index in [-0.39, 0.29) is 5.16 Å². The number of sulfonamides is 1. The highest BCUT2D eigenvalue weighted by atomic mass is 32.2. The Bertz CT molecular complexity index is 551. The maximum Gasteiger partial charge on any atom is 0.324 e. The van der Waals surface area contributed by atoms with Crippen LogP contribution in [0.15, 0.2) is 17.6 Å². The van der Waals surface area contributed by atoms with Gasteiger partial charge in [0.15, 0.2) is 0 Å². The van der Waals surface area contributed by atoms with E-state index in [1.165, 1.54) is 22.2 Å². The summed E-state index contributed by atoms with van der Waals surface area (Å²) in [6.45, 7) is 0.314. The first-order chi connectivity index (χ1) is 8.48. The molecular formula is C10H15N3O4S. The van der Waals surface area contributed by atoms with Crippen LogP contribution >= 0.6 is 0 Å². The van der Waals surface area contributed by atoms with E-state index in [1.807, 2.05) is 0 Å². The maximum absolute atomic E-state index is 12.4. The van der Waals surface area contributed by atoms with Crippen LogP contribution in [0.2, 0.25) is 0 Å². The summed E-state index contributed by atoms with van der Waals surface area (Å²) in [6, 6.07) is -0.739. The number of methoxy groups -OCH3 is 1. The summed E-state index contributed by atoms with van der Waals surface area (Å²) in [5, 5.41) is -0.0571. The van der Waals surface area contributed by atoms with Crippen molar-refractivity contribution in [2.24, 2.45) is 7.05 Å². The van der Waals surface area contributed by atoms with Gasteiger partial charge in [-0.3, -0.25) is 4.79 Å². The Kier molecular flexibility index (Phi) is 3.40. The lowest BCUT2D eigenvalue weighted by Crippen LogP contribution is -2.41. The molecule has 2 heterocycles. The average molecular weight is 273 g/mol. The summed E-state index contributed by atoms with van der Waals surface area (Å²) in [5.74, 6) is -0.523. The Morgan fingerprint density at radius 1 is 1.56 bits per heavy atom. The SMILES string of the molecule is COC(=O)C1CCCN1S(=O)(=O)c1nccn1C. The van der Waals surface area contributed by atoms with Crippen LogP contribution in [-0.4, -0.2) is 47.9 Å². The third kappa shape index (κ3) is 2.01. The number of carbonyl (C=O) groups excluding carboxylic acids is 1. The van der Waals surface area contributed by atoms with Gasteiger partial charge in [-0.05, 0) is 12.8 Å². The van der Waals surface area contributed by atoms with Gasteiger partial charge in [0.25, 0.3) is 10.0 Å². The van der Waals surface area contributed by atoms with Crippen molar-refractivity contribution < 1.29 is 17.9 Å². The first kappa shape index (κ1) is 13.0. The topological polar surface area (TPSA) is 81.5 Å². The Hall–Kier alpha value is -1.41. The zero-order valence-electron chi connectivity index (χ0n) is 10.2. The molecule has 1 atom stereocenters. The molecule has 0 radical (unpaired) electrons. The molecule has 1 saturated heterocycles. The van der Waals surface area contributed by atoms with Crippen molar-refractivity contribution in [1.82, 2.24) is 13.9 Å². The van der Waals surface area contributed by atoms with Gasteiger partial charge in [-0.1, -0.05) is 0 Å². The fraction of sp³-hybridized carbons (Fsp3) is 0.600. The first-order valence-corrected chi connectivity index (χ1v) is 6.99. The van der Waals surface area contributed by atoms with Gasteiger partial charge in [-0.2, -0.15) is 4.31 Å². The lowest BCUT2D eigenvalue weighted by molar-refractivity contribution is -0.144. The quantitative estimate of drug-likeness (QED) is 0.709. The fourth-order valence-corrected chi connectivity index (χ4v) is 3.83. The molecule has 100 valence electrons. The molecule has 8 heteroatoms. The minimum Gasteiger partial charge on any atom is -0.468 e. The molecule has 1 aromatic rings. The number of imidazole rings is 1. The van der Waals surface area contributed by atoms with E-state index in [0.717, 1.165) is 0 Å².